The zero-order valence-electron chi connectivity index (χ0n) is 17.2. The van der Waals surface area contributed by atoms with Gasteiger partial charge in [-0.15, -0.1) is 0 Å². The Kier molecular flexibility index (Phi) is 4.68. The standard InChI is InChI=1S/C26H23N3O/c1-3-29(4-2)19-14-15-22-24(16-19)30-25-17-23(27-18-10-6-5-7-11-18)20-12-8-9-13-21(20)26(25)28-22/h5-17H,3-4H2,1-2H3/p+1. The molecule has 1 heterocycles. The second kappa shape index (κ2) is 7.64. The van der Waals surface area contributed by atoms with Crippen LogP contribution < -0.4 is 15.2 Å². The number of nitrogens with one attached hydrogen (secondary N) is 1. The first kappa shape index (κ1) is 18.4. The number of hydrogen-bond donors (Lipinski definition) is 1. The molecule has 3 aromatic rings. The monoisotopic (exact) mass is 394 g/mol. The van der Waals surface area contributed by atoms with E-state index in [-0.39, 0.29) is 0 Å². The molecule has 3 aromatic carbocycles. The minimum absolute atomic E-state index is 0.774. The molecular formula is C26H24N3O+. The van der Waals surface area contributed by atoms with Gasteiger partial charge in [-0.3, -0.25) is 0 Å². The van der Waals surface area contributed by atoms with Crippen LogP contribution in [0, 0.1) is 0 Å². The number of aromatic nitrogens is 1. The van der Waals surface area contributed by atoms with Crippen molar-refractivity contribution in [3.63, 3.8) is 0 Å². The lowest BCUT2D eigenvalue weighted by Crippen LogP contribution is -2.29. The summed E-state index contributed by atoms with van der Waals surface area (Å²) < 4.78 is 8.69. The molecule has 0 unspecified atom stereocenters. The summed E-state index contributed by atoms with van der Waals surface area (Å²) in [5.74, 6) is 0.799. The molecule has 0 spiro atoms. The zero-order chi connectivity index (χ0) is 20.5. The average molecular weight is 394 g/mol. The normalized spacial score (nSPS) is 11.3. The second-order valence-corrected chi connectivity index (χ2v) is 7.35. The minimum Gasteiger partial charge on any atom is -0.452 e. The lowest BCUT2D eigenvalue weighted by Gasteiger charge is -2.13. The van der Waals surface area contributed by atoms with Gasteiger partial charge in [0.15, 0.2) is 11.3 Å². The first-order valence-electron chi connectivity index (χ1n) is 10.4. The fraction of sp³-hybridized carbons (Fsp3) is 0.154. The number of para-hydroxylation sites is 1. The van der Waals surface area contributed by atoms with Crippen molar-refractivity contribution in [3.05, 3.63) is 84.2 Å². The van der Waals surface area contributed by atoms with E-state index in [0.29, 0.717) is 0 Å². The van der Waals surface area contributed by atoms with Crippen LogP contribution in [-0.4, -0.2) is 18.1 Å². The second-order valence-electron chi connectivity index (χ2n) is 7.35. The molecule has 1 aliphatic carbocycles. The van der Waals surface area contributed by atoms with Gasteiger partial charge >= 0.3 is 0 Å². The molecule has 5 rings (SSSR count). The molecule has 2 aliphatic rings. The maximum absolute atomic E-state index is 6.38. The van der Waals surface area contributed by atoms with Gasteiger partial charge in [0.1, 0.15) is 24.3 Å². The predicted molar refractivity (Wildman–Crippen MR) is 124 cm³/mol. The molecule has 148 valence electrons. The summed E-state index contributed by atoms with van der Waals surface area (Å²) in [4.78, 5) is 4.97. The summed E-state index contributed by atoms with van der Waals surface area (Å²) in [7, 11) is 0. The number of nitrogens with zero attached hydrogens (tertiary/aromatic N) is 2. The third-order valence-electron chi connectivity index (χ3n) is 5.56. The first-order valence-corrected chi connectivity index (χ1v) is 10.4. The van der Waals surface area contributed by atoms with Crippen LogP contribution in [0.15, 0.2) is 83.3 Å². The smallest absolute Gasteiger partial charge is 0.203 e. The van der Waals surface area contributed by atoms with E-state index < -0.39 is 0 Å². The van der Waals surface area contributed by atoms with Gasteiger partial charge in [0.25, 0.3) is 0 Å². The quantitative estimate of drug-likeness (QED) is 0.244. The lowest BCUT2D eigenvalue weighted by molar-refractivity contribution is 0.600. The van der Waals surface area contributed by atoms with Crippen LogP contribution >= 0.6 is 0 Å². The van der Waals surface area contributed by atoms with Crippen LogP contribution in [0.25, 0.3) is 33.3 Å². The van der Waals surface area contributed by atoms with Gasteiger partial charge in [-0.25, -0.2) is 9.56 Å². The van der Waals surface area contributed by atoms with E-state index in [0.717, 1.165) is 63.1 Å². The summed E-state index contributed by atoms with van der Waals surface area (Å²) in [6.45, 7) is 6.24. The maximum atomic E-state index is 6.38. The Morgan fingerprint density at radius 3 is 2.33 bits per heavy atom. The Hall–Kier alpha value is -3.66. The lowest BCUT2D eigenvalue weighted by atomic mass is 10.1. The van der Waals surface area contributed by atoms with Crippen molar-refractivity contribution in [3.8, 4) is 11.5 Å². The molecule has 4 nitrogen and oxygen atoms in total. The molecule has 0 saturated carbocycles. The highest BCUT2D eigenvalue weighted by atomic mass is 16.3. The van der Waals surface area contributed by atoms with Crippen molar-refractivity contribution < 1.29 is 4.42 Å². The van der Waals surface area contributed by atoms with Gasteiger partial charge in [-0.2, -0.15) is 0 Å². The van der Waals surface area contributed by atoms with E-state index in [1.807, 2.05) is 24.3 Å². The predicted octanol–water partition coefficient (Wildman–Crippen LogP) is 5.64. The van der Waals surface area contributed by atoms with Crippen LogP contribution in [0.1, 0.15) is 13.8 Å². The molecular weight excluding hydrogens is 370 g/mol. The molecule has 0 bridgehead atoms. The fourth-order valence-corrected chi connectivity index (χ4v) is 4.01. The van der Waals surface area contributed by atoms with E-state index in [9.17, 15) is 0 Å². The Labute approximate surface area is 175 Å². The van der Waals surface area contributed by atoms with Crippen molar-refractivity contribution in [1.82, 2.24) is 9.56 Å². The molecule has 1 N–H and O–H groups in total. The SMILES string of the molecule is CC[N+](CC)=c1ccc2nc3c(cc(Nc4ccccc4)c4ccccc43)oc-2c1. The largest absolute Gasteiger partial charge is 0.452 e. The van der Waals surface area contributed by atoms with Crippen LogP contribution in [0.3, 0.4) is 0 Å². The third-order valence-corrected chi connectivity index (χ3v) is 5.56. The topological polar surface area (TPSA) is 41.1 Å². The van der Waals surface area contributed by atoms with Crippen molar-refractivity contribution >= 4 is 33.2 Å². The van der Waals surface area contributed by atoms with Gasteiger partial charge in [-0.1, -0.05) is 42.5 Å². The highest BCUT2D eigenvalue weighted by molar-refractivity contribution is 6.10. The van der Waals surface area contributed by atoms with Crippen molar-refractivity contribution in [2.24, 2.45) is 0 Å². The molecule has 0 amide bonds. The summed E-state index contributed by atoms with van der Waals surface area (Å²) in [6.07, 6.45) is 0. The molecule has 0 aromatic heterocycles. The van der Waals surface area contributed by atoms with Crippen molar-refractivity contribution in [2.45, 2.75) is 13.8 Å². The first-order chi connectivity index (χ1) is 14.8. The molecule has 0 radical (unpaired) electrons. The van der Waals surface area contributed by atoms with Crippen LogP contribution in [0.2, 0.25) is 0 Å². The van der Waals surface area contributed by atoms with Crippen LogP contribution in [0.5, 0.6) is 0 Å². The van der Waals surface area contributed by atoms with E-state index in [1.165, 1.54) is 0 Å². The van der Waals surface area contributed by atoms with E-state index >= 15 is 0 Å². The van der Waals surface area contributed by atoms with Crippen molar-refractivity contribution in [1.29, 1.82) is 0 Å². The molecule has 1 aliphatic heterocycles. The van der Waals surface area contributed by atoms with E-state index in [2.05, 4.69) is 78.3 Å². The summed E-state index contributed by atoms with van der Waals surface area (Å²) in [5.41, 5.74) is 4.57. The number of anilines is 2. The molecule has 0 fully saturated rings. The number of hydrogen-bond acceptors (Lipinski definition) is 3. The van der Waals surface area contributed by atoms with Gasteiger partial charge in [0.05, 0.1) is 11.8 Å². The van der Waals surface area contributed by atoms with Gasteiger partial charge < -0.3 is 9.73 Å². The number of benzene rings is 4. The Morgan fingerprint density at radius 2 is 1.57 bits per heavy atom. The number of fused-ring (bicyclic) bond motifs is 4. The van der Waals surface area contributed by atoms with Crippen LogP contribution in [0.4, 0.5) is 11.4 Å². The van der Waals surface area contributed by atoms with E-state index in [4.69, 9.17) is 9.40 Å². The average Bonchev–Trinajstić information content (AvgIpc) is 2.79. The van der Waals surface area contributed by atoms with Gasteiger partial charge in [0.2, 0.25) is 5.36 Å². The summed E-state index contributed by atoms with van der Waals surface area (Å²) >= 11 is 0. The fourth-order valence-electron chi connectivity index (χ4n) is 4.01. The number of rotatable bonds is 4. The van der Waals surface area contributed by atoms with Gasteiger partial charge in [0, 0.05) is 28.6 Å². The Morgan fingerprint density at radius 1 is 0.833 bits per heavy atom. The molecule has 0 saturated heterocycles. The third kappa shape index (κ3) is 3.20. The molecule has 4 heteroatoms. The Bertz CT molecular complexity index is 1380. The molecule has 0 atom stereocenters. The highest BCUT2D eigenvalue weighted by Crippen LogP contribution is 2.35. The zero-order valence-corrected chi connectivity index (χ0v) is 17.2. The van der Waals surface area contributed by atoms with E-state index in [1.54, 1.807) is 0 Å². The maximum Gasteiger partial charge on any atom is 0.203 e. The molecule has 30 heavy (non-hydrogen) atoms. The van der Waals surface area contributed by atoms with Gasteiger partial charge in [-0.05, 0) is 32.0 Å². The van der Waals surface area contributed by atoms with Crippen LogP contribution in [-0.2, 0) is 0 Å². The highest BCUT2D eigenvalue weighted by Gasteiger charge is 2.15. The summed E-state index contributed by atoms with van der Waals surface area (Å²) in [5, 5.41) is 6.89. The Balaban J connectivity index is 1.78. The summed E-state index contributed by atoms with van der Waals surface area (Å²) in [6, 6.07) is 26.8. The minimum atomic E-state index is 0.774. The van der Waals surface area contributed by atoms with Crippen molar-refractivity contribution in [2.75, 3.05) is 18.4 Å².